The Bertz CT molecular complexity index is 1000. The first-order valence-electron chi connectivity index (χ1n) is 7.94. The Balaban J connectivity index is 2.15. The Labute approximate surface area is 159 Å². The summed E-state index contributed by atoms with van der Waals surface area (Å²) >= 11 is 6.06. The molecule has 3 aromatic carbocycles. The lowest BCUT2D eigenvalue weighted by Crippen LogP contribution is -2.04. The van der Waals surface area contributed by atoms with E-state index in [-0.39, 0.29) is 34.2 Å². The molecule has 0 atom stereocenters. The van der Waals surface area contributed by atoms with Crippen molar-refractivity contribution in [1.29, 1.82) is 0 Å². The zero-order valence-electron chi connectivity index (χ0n) is 14.0. The molecule has 27 heavy (non-hydrogen) atoms. The zero-order valence-corrected chi connectivity index (χ0v) is 14.7. The van der Waals surface area contributed by atoms with Crippen LogP contribution in [0, 0.1) is 10.1 Å². The summed E-state index contributed by atoms with van der Waals surface area (Å²) < 4.78 is 5.77. The van der Waals surface area contributed by atoms with Crippen molar-refractivity contribution in [3.63, 3.8) is 0 Å². The summed E-state index contributed by atoms with van der Waals surface area (Å²) in [5.41, 5.74) is 1.04. The summed E-state index contributed by atoms with van der Waals surface area (Å²) in [6, 6.07) is 18.0. The maximum absolute atomic E-state index is 11.6. The van der Waals surface area contributed by atoms with Crippen molar-refractivity contribution in [2.45, 2.75) is 6.61 Å². The van der Waals surface area contributed by atoms with Crippen LogP contribution in [0.3, 0.4) is 0 Å². The summed E-state index contributed by atoms with van der Waals surface area (Å²) in [6.07, 6.45) is 0. The molecule has 0 heterocycles. The molecule has 7 heteroatoms. The second-order valence-corrected chi connectivity index (χ2v) is 6.12. The fourth-order valence-electron chi connectivity index (χ4n) is 2.70. The van der Waals surface area contributed by atoms with E-state index in [1.165, 1.54) is 18.2 Å². The van der Waals surface area contributed by atoms with Gasteiger partial charge in [-0.2, -0.15) is 0 Å². The number of carboxylic acid groups (broad SMARTS) is 1. The summed E-state index contributed by atoms with van der Waals surface area (Å²) in [4.78, 5) is 22.5. The molecule has 136 valence electrons. The van der Waals surface area contributed by atoms with Gasteiger partial charge in [0.25, 0.3) is 0 Å². The first-order valence-corrected chi connectivity index (χ1v) is 8.32. The van der Waals surface area contributed by atoms with Gasteiger partial charge in [0, 0.05) is 22.2 Å². The Morgan fingerprint density at radius 2 is 1.70 bits per heavy atom. The number of ether oxygens (including phenoxy) is 1. The fourth-order valence-corrected chi connectivity index (χ4v) is 2.91. The Morgan fingerprint density at radius 3 is 2.37 bits per heavy atom. The number of hydrogen-bond donors (Lipinski definition) is 1. The van der Waals surface area contributed by atoms with Crippen LogP contribution in [-0.4, -0.2) is 16.0 Å². The van der Waals surface area contributed by atoms with Crippen molar-refractivity contribution >= 4 is 23.3 Å². The Morgan fingerprint density at radius 1 is 1.04 bits per heavy atom. The molecular weight excluding hydrogens is 370 g/mol. The number of hydrogen-bond acceptors (Lipinski definition) is 4. The van der Waals surface area contributed by atoms with Gasteiger partial charge in [0.15, 0.2) is 0 Å². The molecule has 0 saturated heterocycles. The van der Waals surface area contributed by atoms with Crippen molar-refractivity contribution in [2.75, 3.05) is 0 Å². The third kappa shape index (κ3) is 4.07. The van der Waals surface area contributed by atoms with Crippen LogP contribution in [-0.2, 0) is 6.61 Å². The number of rotatable bonds is 6. The molecular formula is C20H14ClNO5. The predicted molar refractivity (Wildman–Crippen MR) is 101 cm³/mol. The normalized spacial score (nSPS) is 10.4. The Hall–Kier alpha value is -3.38. The van der Waals surface area contributed by atoms with Gasteiger partial charge in [-0.05, 0) is 17.7 Å². The van der Waals surface area contributed by atoms with Crippen LogP contribution in [0.5, 0.6) is 5.75 Å². The van der Waals surface area contributed by atoms with Crippen molar-refractivity contribution in [3.8, 4) is 16.9 Å². The second kappa shape index (κ2) is 7.88. The van der Waals surface area contributed by atoms with Gasteiger partial charge in [0.2, 0.25) is 5.75 Å². The maximum Gasteiger partial charge on any atom is 0.336 e. The van der Waals surface area contributed by atoms with Crippen LogP contribution in [0.25, 0.3) is 11.1 Å². The third-order valence-corrected chi connectivity index (χ3v) is 4.12. The van der Waals surface area contributed by atoms with Gasteiger partial charge in [-0.3, -0.25) is 10.1 Å². The molecule has 1 N–H and O–H groups in total. The van der Waals surface area contributed by atoms with E-state index in [9.17, 15) is 20.0 Å². The molecule has 0 radical (unpaired) electrons. The summed E-state index contributed by atoms with van der Waals surface area (Å²) in [5, 5.41) is 21.1. The number of nitrogens with zero attached hydrogens (tertiary/aromatic N) is 1. The number of nitro benzene ring substituents is 1. The van der Waals surface area contributed by atoms with Crippen molar-refractivity contribution < 1.29 is 19.6 Å². The van der Waals surface area contributed by atoms with E-state index in [4.69, 9.17) is 16.3 Å². The predicted octanol–water partition coefficient (Wildman–Crippen LogP) is 5.19. The third-order valence-electron chi connectivity index (χ3n) is 3.90. The quantitative estimate of drug-likeness (QED) is 0.467. The molecule has 0 spiro atoms. The van der Waals surface area contributed by atoms with Gasteiger partial charge in [-0.1, -0.05) is 60.1 Å². The van der Waals surface area contributed by atoms with Crippen molar-refractivity contribution in [2.24, 2.45) is 0 Å². The average Bonchev–Trinajstić information content (AvgIpc) is 2.67. The highest BCUT2D eigenvalue weighted by molar-refractivity contribution is 6.31. The van der Waals surface area contributed by atoms with E-state index in [0.29, 0.717) is 5.56 Å². The molecule has 0 unspecified atom stereocenters. The molecule has 0 fully saturated rings. The van der Waals surface area contributed by atoms with Crippen LogP contribution in [0.4, 0.5) is 5.69 Å². The topological polar surface area (TPSA) is 89.7 Å². The molecule has 0 aliphatic carbocycles. The van der Waals surface area contributed by atoms with E-state index in [1.54, 1.807) is 18.2 Å². The van der Waals surface area contributed by atoms with E-state index in [2.05, 4.69) is 0 Å². The molecule has 3 aromatic rings. The average molecular weight is 384 g/mol. The second-order valence-electron chi connectivity index (χ2n) is 5.68. The van der Waals surface area contributed by atoms with Gasteiger partial charge in [-0.15, -0.1) is 0 Å². The van der Waals surface area contributed by atoms with Gasteiger partial charge in [-0.25, -0.2) is 4.79 Å². The van der Waals surface area contributed by atoms with Crippen LogP contribution >= 0.6 is 11.6 Å². The van der Waals surface area contributed by atoms with E-state index in [0.717, 1.165) is 5.56 Å². The lowest BCUT2D eigenvalue weighted by Gasteiger charge is -2.14. The van der Waals surface area contributed by atoms with Gasteiger partial charge in [0.05, 0.1) is 10.5 Å². The van der Waals surface area contributed by atoms with Crippen molar-refractivity contribution in [1.82, 2.24) is 0 Å². The molecule has 0 aliphatic heterocycles. The maximum atomic E-state index is 11.6. The minimum Gasteiger partial charge on any atom is -0.482 e. The summed E-state index contributed by atoms with van der Waals surface area (Å²) in [5.74, 6) is -1.18. The molecule has 3 rings (SSSR count). The minimum absolute atomic E-state index is 0.00127. The molecule has 6 nitrogen and oxygen atoms in total. The lowest BCUT2D eigenvalue weighted by molar-refractivity contribution is -0.385. The highest BCUT2D eigenvalue weighted by atomic mass is 35.5. The Kier molecular flexibility index (Phi) is 5.38. The highest BCUT2D eigenvalue weighted by Gasteiger charge is 2.24. The smallest absolute Gasteiger partial charge is 0.336 e. The van der Waals surface area contributed by atoms with Crippen LogP contribution in [0.15, 0.2) is 66.7 Å². The number of nitro groups is 1. The van der Waals surface area contributed by atoms with E-state index >= 15 is 0 Å². The van der Waals surface area contributed by atoms with Crippen molar-refractivity contribution in [3.05, 3.63) is 93.0 Å². The van der Waals surface area contributed by atoms with Gasteiger partial charge >= 0.3 is 11.7 Å². The first kappa shape index (κ1) is 18.4. The number of carbonyl (C=O) groups is 1. The highest BCUT2D eigenvalue weighted by Crippen LogP contribution is 2.42. The number of halogens is 1. The SMILES string of the molecule is O=C(O)c1ccccc1-c1cc(Cl)cc([N+](=O)[O-])c1OCc1ccccc1. The largest absolute Gasteiger partial charge is 0.482 e. The standard InChI is InChI=1S/C20H14ClNO5/c21-14-10-17(15-8-4-5-9-16(15)20(23)24)19(18(11-14)22(25)26)27-12-13-6-2-1-3-7-13/h1-11H,12H2,(H,23,24). The number of benzene rings is 3. The summed E-state index contributed by atoms with van der Waals surface area (Å²) in [7, 11) is 0. The number of aromatic carboxylic acids is 1. The molecule has 0 amide bonds. The molecule has 0 saturated carbocycles. The number of carboxylic acids is 1. The monoisotopic (exact) mass is 383 g/mol. The fraction of sp³-hybridized carbons (Fsp3) is 0.0500. The summed E-state index contributed by atoms with van der Waals surface area (Å²) in [6.45, 7) is 0.0888. The van der Waals surface area contributed by atoms with Crippen LogP contribution in [0.1, 0.15) is 15.9 Å². The molecule has 0 aromatic heterocycles. The van der Waals surface area contributed by atoms with E-state index in [1.807, 2.05) is 30.3 Å². The zero-order chi connectivity index (χ0) is 19.4. The van der Waals surface area contributed by atoms with E-state index < -0.39 is 10.9 Å². The first-order chi connectivity index (χ1) is 13.0. The molecule has 0 bridgehead atoms. The lowest BCUT2D eigenvalue weighted by atomic mass is 9.98. The van der Waals surface area contributed by atoms with Gasteiger partial charge in [0.1, 0.15) is 6.61 Å². The van der Waals surface area contributed by atoms with Crippen LogP contribution < -0.4 is 4.74 Å². The van der Waals surface area contributed by atoms with Gasteiger partial charge < -0.3 is 9.84 Å². The molecule has 0 aliphatic rings. The minimum atomic E-state index is -1.15. The van der Waals surface area contributed by atoms with Crippen LogP contribution in [0.2, 0.25) is 5.02 Å².